The highest BCUT2D eigenvalue weighted by molar-refractivity contribution is 14.1. The van der Waals surface area contributed by atoms with Gasteiger partial charge in [-0.15, -0.1) is 0 Å². The molecule has 41 heavy (non-hydrogen) atoms. The topological polar surface area (TPSA) is 0 Å². The summed E-state index contributed by atoms with van der Waals surface area (Å²) < 4.78 is 280. The maximum Gasteiger partial charge on any atom is 0.460 e. The minimum absolute atomic E-state index is 0.122. The van der Waals surface area contributed by atoms with Crippen molar-refractivity contribution in [3.63, 3.8) is 0 Å². The van der Waals surface area contributed by atoms with Gasteiger partial charge in [-0.05, 0) is 45.4 Å². The van der Waals surface area contributed by atoms with Gasteiger partial charge in [-0.3, -0.25) is 0 Å². The molecule has 22 heteroatoms. The molecule has 0 aromatic carbocycles. The Morgan fingerprint density at radius 3 is 1.12 bits per heavy atom. The van der Waals surface area contributed by atoms with Gasteiger partial charge in [0.25, 0.3) is 0 Å². The van der Waals surface area contributed by atoms with Gasteiger partial charge in [0.15, 0.2) is 0 Å². The summed E-state index contributed by atoms with van der Waals surface area (Å²) in [6, 6.07) is 0. The standard InChI is InChI=1S/C19H16F21I/c1-2-3-4-6-9(41)7-5-8-10(20,21)11(22,23)12(24,25)13(26,27)14(28,29)15(30,31)16(32,33)17(34,35)18(36,37)19(38,39)40/h6H,2-5,7-8H2,1H3/b9-6+. The van der Waals surface area contributed by atoms with E-state index in [1.807, 2.05) is 0 Å². The summed E-state index contributed by atoms with van der Waals surface area (Å²) in [5, 5.41) is 0. The second-order valence-electron chi connectivity index (χ2n) is 8.44. The molecule has 0 aliphatic carbocycles. The molecule has 0 N–H and O–H groups in total. The monoisotopic (exact) mass is 770 g/mol. The maximum absolute atomic E-state index is 13.9. The number of unbranched alkanes of at least 4 members (excludes halogenated alkanes) is 2. The first-order chi connectivity index (χ1) is 17.7. The van der Waals surface area contributed by atoms with Crippen molar-refractivity contribution < 1.29 is 92.2 Å². The Morgan fingerprint density at radius 1 is 0.488 bits per heavy atom. The van der Waals surface area contributed by atoms with E-state index >= 15 is 0 Å². The van der Waals surface area contributed by atoms with E-state index in [2.05, 4.69) is 0 Å². The Labute approximate surface area is 229 Å². The number of allylic oxidation sites excluding steroid dienone is 2. The van der Waals surface area contributed by atoms with E-state index in [-0.39, 0.29) is 3.58 Å². The third kappa shape index (κ3) is 6.31. The third-order valence-corrected chi connectivity index (χ3v) is 6.39. The van der Waals surface area contributed by atoms with Crippen LogP contribution in [0.2, 0.25) is 0 Å². The van der Waals surface area contributed by atoms with Crippen molar-refractivity contribution in [1.29, 1.82) is 0 Å². The summed E-state index contributed by atoms with van der Waals surface area (Å²) in [4.78, 5) is 0. The van der Waals surface area contributed by atoms with E-state index in [0.717, 1.165) is 0 Å². The zero-order valence-corrected chi connectivity index (χ0v) is 21.8. The largest absolute Gasteiger partial charge is 0.460 e. The molecule has 0 aliphatic rings. The second kappa shape index (κ2) is 11.8. The van der Waals surface area contributed by atoms with Gasteiger partial charge >= 0.3 is 59.5 Å². The molecule has 0 atom stereocenters. The molecule has 0 aromatic heterocycles. The third-order valence-electron chi connectivity index (χ3n) is 5.41. The van der Waals surface area contributed by atoms with Gasteiger partial charge < -0.3 is 0 Å². The molecule has 0 fully saturated rings. The lowest BCUT2D eigenvalue weighted by Crippen LogP contribution is -2.76. The molecule has 0 spiro atoms. The SMILES string of the molecule is CCCC/C=C(/I)CCCC(F)(F)C(F)(F)C(F)(F)C(F)(F)C(F)(F)C(F)(F)C(F)(F)C(F)(F)C(F)(F)C(F)(F)F. The van der Waals surface area contributed by atoms with Crippen molar-refractivity contribution in [2.75, 3.05) is 0 Å². The van der Waals surface area contributed by atoms with Gasteiger partial charge in [0.2, 0.25) is 0 Å². The molecule has 0 saturated heterocycles. The molecule has 0 aliphatic heterocycles. The Bertz CT molecular complexity index is 914. The van der Waals surface area contributed by atoms with Crippen LogP contribution in [0.3, 0.4) is 0 Å². The molecule has 0 bridgehead atoms. The van der Waals surface area contributed by atoms with Crippen LogP contribution in [0, 0.1) is 0 Å². The van der Waals surface area contributed by atoms with Crippen LogP contribution in [-0.2, 0) is 0 Å². The fraction of sp³-hybridized carbons (Fsp3) is 0.895. The van der Waals surface area contributed by atoms with Gasteiger partial charge in [-0.2, -0.15) is 92.2 Å². The summed E-state index contributed by atoms with van der Waals surface area (Å²) in [7, 11) is 0. The average Bonchev–Trinajstić information content (AvgIpc) is 2.77. The van der Waals surface area contributed by atoms with Gasteiger partial charge in [-0.1, -0.05) is 25.8 Å². The van der Waals surface area contributed by atoms with Gasteiger partial charge in [-0.25, -0.2) is 0 Å². The van der Waals surface area contributed by atoms with Crippen LogP contribution < -0.4 is 0 Å². The van der Waals surface area contributed by atoms with E-state index in [1.54, 1.807) is 6.92 Å². The highest BCUT2D eigenvalue weighted by atomic mass is 127. The highest BCUT2D eigenvalue weighted by Gasteiger charge is 2.97. The maximum atomic E-state index is 13.9. The van der Waals surface area contributed by atoms with Gasteiger partial charge in [0.1, 0.15) is 0 Å². The molecule has 246 valence electrons. The van der Waals surface area contributed by atoms with Crippen molar-refractivity contribution in [3.8, 4) is 0 Å². The Morgan fingerprint density at radius 2 is 0.805 bits per heavy atom. The summed E-state index contributed by atoms with van der Waals surface area (Å²) in [6.07, 6.45) is -9.69. The molecule has 0 saturated carbocycles. The lowest BCUT2D eigenvalue weighted by molar-refractivity contribution is -0.474. The summed E-state index contributed by atoms with van der Waals surface area (Å²) in [6.45, 7) is 1.71. The minimum Gasteiger partial charge on any atom is -0.200 e. The number of rotatable bonds is 15. The highest BCUT2D eigenvalue weighted by Crippen LogP contribution is 2.66. The fourth-order valence-corrected chi connectivity index (χ4v) is 3.48. The van der Waals surface area contributed by atoms with Crippen molar-refractivity contribution in [1.82, 2.24) is 0 Å². The second-order valence-corrected chi connectivity index (χ2v) is 9.83. The Kier molecular flexibility index (Phi) is 11.5. The quantitative estimate of drug-likeness (QED) is 0.0884. The fourth-order valence-electron chi connectivity index (χ4n) is 2.79. The number of hydrogen-bond acceptors (Lipinski definition) is 0. The average molecular weight is 770 g/mol. The van der Waals surface area contributed by atoms with Gasteiger partial charge in [0, 0.05) is 6.42 Å². The lowest BCUT2D eigenvalue weighted by Gasteiger charge is -2.44. The van der Waals surface area contributed by atoms with Crippen LogP contribution in [0.4, 0.5) is 92.2 Å². The molecule has 0 radical (unpaired) electrons. The van der Waals surface area contributed by atoms with Crippen molar-refractivity contribution in [3.05, 3.63) is 9.66 Å². The van der Waals surface area contributed by atoms with Crippen LogP contribution >= 0.6 is 22.6 Å². The predicted molar refractivity (Wildman–Crippen MR) is 106 cm³/mol. The zero-order valence-electron chi connectivity index (χ0n) is 19.6. The molecule has 0 aromatic rings. The van der Waals surface area contributed by atoms with Gasteiger partial charge in [0.05, 0.1) is 0 Å². The molecule has 0 heterocycles. The first-order valence-electron chi connectivity index (χ1n) is 10.5. The number of hydrogen-bond donors (Lipinski definition) is 0. The van der Waals surface area contributed by atoms with E-state index in [4.69, 9.17) is 0 Å². The summed E-state index contributed by atoms with van der Waals surface area (Å²) in [5.41, 5.74) is 0. The summed E-state index contributed by atoms with van der Waals surface area (Å²) in [5.74, 6) is -76.4. The Balaban J connectivity index is 6.59. The molecule has 0 unspecified atom stereocenters. The molecule has 0 rings (SSSR count). The van der Waals surface area contributed by atoms with E-state index in [9.17, 15) is 92.2 Å². The van der Waals surface area contributed by atoms with Crippen molar-refractivity contribution in [2.24, 2.45) is 0 Å². The predicted octanol–water partition coefficient (Wildman–Crippen LogP) is 10.9. The van der Waals surface area contributed by atoms with Crippen LogP contribution in [0.15, 0.2) is 9.66 Å². The van der Waals surface area contributed by atoms with E-state index < -0.39 is 78.7 Å². The van der Waals surface area contributed by atoms with Crippen LogP contribution in [-0.4, -0.2) is 59.5 Å². The van der Waals surface area contributed by atoms with Crippen molar-refractivity contribution >= 4 is 22.6 Å². The zero-order chi connectivity index (χ0) is 33.5. The first-order valence-corrected chi connectivity index (χ1v) is 11.6. The van der Waals surface area contributed by atoms with Crippen molar-refractivity contribution in [2.45, 2.75) is 105 Å². The number of halogens is 22. The first kappa shape index (κ1) is 40.0. The van der Waals surface area contributed by atoms with Crippen LogP contribution in [0.25, 0.3) is 0 Å². The molecule has 0 amide bonds. The van der Waals surface area contributed by atoms with E-state index in [0.29, 0.717) is 19.3 Å². The summed E-state index contributed by atoms with van der Waals surface area (Å²) >= 11 is 1.45. The molecular formula is C19H16F21I. The lowest BCUT2D eigenvalue weighted by atomic mass is 9.85. The molecule has 0 nitrogen and oxygen atoms in total. The molecular weight excluding hydrogens is 754 g/mol. The smallest absolute Gasteiger partial charge is 0.200 e. The number of alkyl halides is 21. The van der Waals surface area contributed by atoms with Crippen LogP contribution in [0.1, 0.15) is 45.4 Å². The Hall–Kier alpha value is -1.00. The minimum atomic E-state index is -9.14. The normalized spacial score (nSPS) is 16.4. The van der Waals surface area contributed by atoms with E-state index in [1.165, 1.54) is 28.7 Å². The van der Waals surface area contributed by atoms with Crippen LogP contribution in [0.5, 0.6) is 0 Å².